The van der Waals surface area contributed by atoms with Gasteiger partial charge < -0.3 is 9.15 Å². The average molecular weight is 301 g/mol. The SMILES string of the molecule is CCOc1ccccc1C(=O)c1cc2cc(Cl)ccc2o1. The fourth-order valence-electron chi connectivity index (χ4n) is 2.19. The smallest absolute Gasteiger partial charge is 0.231 e. The molecule has 0 aliphatic carbocycles. The van der Waals surface area contributed by atoms with Crippen molar-refractivity contribution < 1.29 is 13.9 Å². The van der Waals surface area contributed by atoms with Gasteiger partial charge in [-0.1, -0.05) is 23.7 Å². The fraction of sp³-hybridized carbons (Fsp3) is 0.118. The summed E-state index contributed by atoms with van der Waals surface area (Å²) in [6.07, 6.45) is 0. The van der Waals surface area contributed by atoms with E-state index in [0.717, 1.165) is 5.39 Å². The highest BCUT2D eigenvalue weighted by molar-refractivity contribution is 6.31. The van der Waals surface area contributed by atoms with Crippen LogP contribution in [0.1, 0.15) is 23.0 Å². The molecule has 0 aliphatic heterocycles. The van der Waals surface area contributed by atoms with Gasteiger partial charge in [0, 0.05) is 10.4 Å². The second-order valence-corrected chi connectivity index (χ2v) is 4.99. The number of fused-ring (bicyclic) bond motifs is 1. The zero-order valence-corrected chi connectivity index (χ0v) is 12.2. The molecule has 21 heavy (non-hydrogen) atoms. The molecule has 3 nitrogen and oxygen atoms in total. The highest BCUT2D eigenvalue weighted by Gasteiger charge is 2.18. The van der Waals surface area contributed by atoms with E-state index in [1.54, 1.807) is 42.5 Å². The van der Waals surface area contributed by atoms with Gasteiger partial charge >= 0.3 is 0 Å². The molecule has 3 rings (SSSR count). The summed E-state index contributed by atoms with van der Waals surface area (Å²) in [4.78, 5) is 12.6. The number of para-hydroxylation sites is 1. The van der Waals surface area contributed by atoms with E-state index < -0.39 is 0 Å². The molecule has 0 aliphatic rings. The molecule has 0 radical (unpaired) electrons. The van der Waals surface area contributed by atoms with Crippen molar-refractivity contribution in [2.45, 2.75) is 6.92 Å². The van der Waals surface area contributed by atoms with Crippen molar-refractivity contribution >= 4 is 28.4 Å². The molecule has 0 saturated heterocycles. The van der Waals surface area contributed by atoms with E-state index in [0.29, 0.717) is 28.5 Å². The van der Waals surface area contributed by atoms with Crippen molar-refractivity contribution in [3.8, 4) is 5.75 Å². The Morgan fingerprint density at radius 2 is 2.00 bits per heavy atom. The lowest BCUT2D eigenvalue weighted by Gasteiger charge is -2.07. The normalized spacial score (nSPS) is 10.8. The standard InChI is InChI=1S/C17H13ClO3/c1-2-20-15-6-4-3-5-13(15)17(19)16-10-11-9-12(18)7-8-14(11)21-16/h3-10H,2H2,1H3. The first-order chi connectivity index (χ1) is 10.2. The number of ketones is 1. The number of hydrogen-bond acceptors (Lipinski definition) is 3. The van der Waals surface area contributed by atoms with E-state index in [-0.39, 0.29) is 11.5 Å². The molecule has 106 valence electrons. The zero-order chi connectivity index (χ0) is 14.8. The minimum Gasteiger partial charge on any atom is -0.493 e. The topological polar surface area (TPSA) is 39.4 Å². The second kappa shape index (κ2) is 5.62. The molecule has 3 aromatic rings. The summed E-state index contributed by atoms with van der Waals surface area (Å²) < 4.78 is 11.1. The number of carbonyl (C=O) groups excluding carboxylic acids is 1. The number of rotatable bonds is 4. The third-order valence-corrected chi connectivity index (χ3v) is 3.37. The van der Waals surface area contributed by atoms with E-state index in [1.165, 1.54) is 0 Å². The maximum Gasteiger partial charge on any atom is 0.231 e. The van der Waals surface area contributed by atoms with Crippen LogP contribution >= 0.6 is 11.6 Å². The quantitative estimate of drug-likeness (QED) is 0.655. The van der Waals surface area contributed by atoms with Gasteiger partial charge in [0.2, 0.25) is 5.78 Å². The lowest BCUT2D eigenvalue weighted by Crippen LogP contribution is -2.04. The fourth-order valence-corrected chi connectivity index (χ4v) is 2.37. The Morgan fingerprint density at radius 3 is 2.81 bits per heavy atom. The lowest BCUT2D eigenvalue weighted by atomic mass is 10.1. The summed E-state index contributed by atoms with van der Waals surface area (Å²) in [5, 5.41) is 1.41. The molecule has 0 fully saturated rings. The van der Waals surface area contributed by atoms with Crippen LogP contribution in [0.2, 0.25) is 5.02 Å². The van der Waals surface area contributed by atoms with Crippen LogP contribution in [0.3, 0.4) is 0 Å². The molecule has 1 heterocycles. The third-order valence-electron chi connectivity index (χ3n) is 3.13. The van der Waals surface area contributed by atoms with Crippen LogP contribution in [-0.4, -0.2) is 12.4 Å². The van der Waals surface area contributed by atoms with Gasteiger partial charge in [-0.25, -0.2) is 0 Å². The number of carbonyl (C=O) groups is 1. The van der Waals surface area contributed by atoms with Crippen LogP contribution in [0.25, 0.3) is 11.0 Å². The van der Waals surface area contributed by atoms with Crippen molar-refractivity contribution in [2.75, 3.05) is 6.61 Å². The van der Waals surface area contributed by atoms with E-state index in [2.05, 4.69) is 0 Å². The zero-order valence-electron chi connectivity index (χ0n) is 11.4. The third kappa shape index (κ3) is 2.65. The van der Waals surface area contributed by atoms with Gasteiger partial charge in [0.05, 0.1) is 12.2 Å². The Morgan fingerprint density at radius 1 is 1.19 bits per heavy atom. The molecule has 0 N–H and O–H groups in total. The summed E-state index contributed by atoms with van der Waals surface area (Å²) in [7, 11) is 0. The van der Waals surface area contributed by atoms with E-state index in [1.807, 2.05) is 13.0 Å². The van der Waals surface area contributed by atoms with Gasteiger partial charge in [-0.3, -0.25) is 4.79 Å². The summed E-state index contributed by atoms with van der Waals surface area (Å²) in [6, 6.07) is 14.1. The molecule has 0 amide bonds. The van der Waals surface area contributed by atoms with Crippen LogP contribution in [0.15, 0.2) is 52.9 Å². The van der Waals surface area contributed by atoms with Crippen molar-refractivity contribution in [3.05, 3.63) is 64.9 Å². The van der Waals surface area contributed by atoms with E-state index in [4.69, 9.17) is 20.8 Å². The lowest BCUT2D eigenvalue weighted by molar-refractivity contribution is 0.101. The molecule has 0 saturated carbocycles. The maximum atomic E-state index is 12.6. The Balaban J connectivity index is 2.04. The summed E-state index contributed by atoms with van der Waals surface area (Å²) in [5.41, 5.74) is 1.13. The van der Waals surface area contributed by atoms with Gasteiger partial charge in [-0.05, 0) is 43.3 Å². The van der Waals surface area contributed by atoms with Gasteiger partial charge in [0.25, 0.3) is 0 Å². The minimum absolute atomic E-state index is 0.202. The van der Waals surface area contributed by atoms with Gasteiger partial charge in [0.15, 0.2) is 5.76 Å². The predicted octanol–water partition coefficient (Wildman–Crippen LogP) is 4.72. The van der Waals surface area contributed by atoms with Crippen LogP contribution < -0.4 is 4.74 Å². The maximum absolute atomic E-state index is 12.6. The molecular formula is C17H13ClO3. The minimum atomic E-state index is -0.202. The van der Waals surface area contributed by atoms with Gasteiger partial charge in [-0.15, -0.1) is 0 Å². The monoisotopic (exact) mass is 300 g/mol. The number of ether oxygens (including phenoxy) is 1. The van der Waals surface area contributed by atoms with E-state index >= 15 is 0 Å². The van der Waals surface area contributed by atoms with Crippen molar-refractivity contribution in [1.29, 1.82) is 0 Å². The first-order valence-electron chi connectivity index (χ1n) is 6.64. The highest BCUT2D eigenvalue weighted by atomic mass is 35.5. The van der Waals surface area contributed by atoms with Crippen LogP contribution in [0.5, 0.6) is 5.75 Å². The van der Waals surface area contributed by atoms with Gasteiger partial charge in [-0.2, -0.15) is 0 Å². The molecule has 4 heteroatoms. The first kappa shape index (κ1) is 13.7. The molecule has 0 spiro atoms. The molecule has 0 unspecified atom stereocenters. The number of halogens is 1. The van der Waals surface area contributed by atoms with Crippen LogP contribution in [0, 0.1) is 0 Å². The first-order valence-corrected chi connectivity index (χ1v) is 7.02. The number of hydrogen-bond donors (Lipinski definition) is 0. The average Bonchev–Trinajstić information content (AvgIpc) is 2.90. The van der Waals surface area contributed by atoms with Crippen molar-refractivity contribution in [3.63, 3.8) is 0 Å². The molecule has 1 aromatic heterocycles. The Labute approximate surface area is 127 Å². The van der Waals surface area contributed by atoms with E-state index in [9.17, 15) is 4.79 Å². The van der Waals surface area contributed by atoms with Crippen molar-refractivity contribution in [1.82, 2.24) is 0 Å². The van der Waals surface area contributed by atoms with Crippen molar-refractivity contribution in [2.24, 2.45) is 0 Å². The number of benzene rings is 2. The molecule has 2 aromatic carbocycles. The highest BCUT2D eigenvalue weighted by Crippen LogP contribution is 2.27. The Kier molecular flexibility index (Phi) is 3.67. The predicted molar refractivity (Wildman–Crippen MR) is 82.3 cm³/mol. The Bertz CT molecular complexity index is 805. The largest absolute Gasteiger partial charge is 0.493 e. The second-order valence-electron chi connectivity index (χ2n) is 4.55. The number of furan rings is 1. The molecular weight excluding hydrogens is 288 g/mol. The van der Waals surface area contributed by atoms with Crippen LogP contribution in [-0.2, 0) is 0 Å². The van der Waals surface area contributed by atoms with Crippen LogP contribution in [0.4, 0.5) is 0 Å². The summed E-state index contributed by atoms with van der Waals surface area (Å²) >= 11 is 5.94. The molecule has 0 atom stereocenters. The summed E-state index contributed by atoms with van der Waals surface area (Å²) in [5.74, 6) is 0.634. The Hall–Kier alpha value is -2.26. The summed E-state index contributed by atoms with van der Waals surface area (Å²) in [6.45, 7) is 2.38. The van der Waals surface area contributed by atoms with Gasteiger partial charge in [0.1, 0.15) is 11.3 Å². The molecule has 0 bridgehead atoms.